The Morgan fingerprint density at radius 3 is 1.84 bits per heavy atom. The molecule has 7 N–H and O–H groups in total. The largest absolute Gasteiger partial charge is 0.505 e. The molecule has 37 heavy (non-hydrogen) atoms. The Morgan fingerprint density at radius 1 is 0.892 bits per heavy atom. The molecule has 1 aliphatic carbocycles. The van der Waals surface area contributed by atoms with Gasteiger partial charge in [-0.05, 0) is 12.2 Å². The third-order valence-electron chi connectivity index (χ3n) is 5.52. The van der Waals surface area contributed by atoms with E-state index in [2.05, 4.69) is 4.90 Å². The first-order valence-corrected chi connectivity index (χ1v) is 11.3. The molecule has 1 aromatic carbocycles. The molecule has 1 fully saturated rings. The number of anilines is 1. The molecule has 15 heteroatoms. The van der Waals surface area contributed by atoms with Gasteiger partial charge in [-0.1, -0.05) is 11.6 Å². The van der Waals surface area contributed by atoms with Gasteiger partial charge in [-0.3, -0.25) is 14.5 Å². The number of fused-ring (bicyclic) bond motifs is 1. The van der Waals surface area contributed by atoms with Crippen LogP contribution in [0.1, 0.15) is 20.7 Å². The van der Waals surface area contributed by atoms with Crippen molar-refractivity contribution in [3.8, 4) is 11.5 Å². The van der Waals surface area contributed by atoms with Crippen molar-refractivity contribution in [1.29, 1.82) is 0 Å². The van der Waals surface area contributed by atoms with Crippen LogP contribution in [0.15, 0.2) is 12.2 Å². The number of carbonyl (C=O) groups excluding carboxylic acids is 2. The normalized spacial score (nSPS) is 17.0. The second-order valence-corrected chi connectivity index (χ2v) is 8.28. The lowest BCUT2D eigenvalue weighted by atomic mass is 9.91. The van der Waals surface area contributed by atoms with Crippen LogP contribution in [0.2, 0.25) is 5.02 Å². The molecule has 0 saturated carbocycles. The minimum Gasteiger partial charge on any atom is -0.505 e. The van der Waals surface area contributed by atoms with Crippen LogP contribution in [0.3, 0.4) is 0 Å². The minimum absolute atomic E-state index is 0.0101. The van der Waals surface area contributed by atoms with Crippen LogP contribution in [0.25, 0.3) is 0 Å². The standard InChI is InChI=1S/C18H21ClN2O6.C4H6O6/c19-15-16(21-5-3-20(4-6-21)7-9-27-10-8-22)18(26)14-12(24)2-1-11(23)13(14)17(15)25;5-1(3(7)8)2(6)4(9)10/h1-2,22,25-26H,3-10H2;1-2,5-6H,(H,7,8)(H,9,10). The smallest absolute Gasteiger partial charge is 0.335 e. The van der Waals surface area contributed by atoms with E-state index in [4.69, 9.17) is 41.9 Å². The molecule has 1 aromatic rings. The molecular weight excluding hydrogens is 520 g/mol. The van der Waals surface area contributed by atoms with Crippen LogP contribution in [0.4, 0.5) is 5.69 Å². The second kappa shape index (κ2) is 13.3. The molecule has 0 aromatic heterocycles. The van der Waals surface area contributed by atoms with E-state index in [-0.39, 0.29) is 34.2 Å². The van der Waals surface area contributed by atoms with Crippen LogP contribution in [-0.2, 0) is 14.3 Å². The monoisotopic (exact) mass is 546 g/mol. The summed E-state index contributed by atoms with van der Waals surface area (Å²) in [6, 6.07) is 0. The number of halogens is 1. The van der Waals surface area contributed by atoms with Crippen molar-refractivity contribution in [3.05, 3.63) is 28.3 Å². The number of ether oxygens (including phenoxy) is 1. The van der Waals surface area contributed by atoms with Crippen molar-refractivity contribution in [2.24, 2.45) is 0 Å². The maximum Gasteiger partial charge on any atom is 0.335 e. The Morgan fingerprint density at radius 2 is 1.38 bits per heavy atom. The predicted molar refractivity (Wildman–Crippen MR) is 126 cm³/mol. The molecule has 0 radical (unpaired) electrons. The first-order valence-electron chi connectivity index (χ1n) is 10.9. The number of aliphatic hydroxyl groups excluding tert-OH is 3. The lowest BCUT2D eigenvalue weighted by molar-refractivity contribution is -0.165. The fourth-order valence-electron chi connectivity index (χ4n) is 3.59. The number of nitrogens with zero attached hydrogens (tertiary/aromatic N) is 2. The molecule has 1 saturated heterocycles. The van der Waals surface area contributed by atoms with E-state index >= 15 is 0 Å². The molecule has 0 bridgehead atoms. The minimum atomic E-state index is -2.27. The fraction of sp³-hybridized carbons (Fsp3) is 0.455. The molecule has 14 nitrogen and oxygen atoms in total. The molecule has 3 rings (SSSR count). The molecule has 204 valence electrons. The third kappa shape index (κ3) is 7.15. The number of aliphatic hydroxyl groups is 3. The summed E-state index contributed by atoms with van der Waals surface area (Å²) in [6.07, 6.45) is -2.40. The number of ketones is 2. The number of carboxylic acid groups (broad SMARTS) is 2. The van der Waals surface area contributed by atoms with E-state index in [1.54, 1.807) is 4.90 Å². The zero-order valence-corrected chi connectivity index (χ0v) is 20.2. The summed E-state index contributed by atoms with van der Waals surface area (Å²) < 4.78 is 5.26. The number of carbonyl (C=O) groups is 4. The highest BCUT2D eigenvalue weighted by atomic mass is 35.5. The van der Waals surface area contributed by atoms with Crippen molar-refractivity contribution in [2.75, 3.05) is 57.4 Å². The molecule has 0 spiro atoms. The maximum atomic E-state index is 12.2. The highest BCUT2D eigenvalue weighted by molar-refractivity contribution is 6.37. The number of hydrogen-bond acceptors (Lipinski definition) is 12. The molecule has 1 aliphatic heterocycles. The zero-order chi connectivity index (χ0) is 27.9. The number of carboxylic acids is 2. The topological polar surface area (TPSA) is 226 Å². The molecule has 0 amide bonds. The number of allylic oxidation sites excluding steroid dienone is 2. The summed E-state index contributed by atoms with van der Waals surface area (Å²) in [4.78, 5) is 47.7. The number of rotatable bonds is 9. The van der Waals surface area contributed by atoms with Crippen LogP contribution >= 0.6 is 11.6 Å². The van der Waals surface area contributed by atoms with Crippen LogP contribution in [-0.4, -0.2) is 129 Å². The van der Waals surface area contributed by atoms with Gasteiger partial charge in [0, 0.05) is 32.7 Å². The van der Waals surface area contributed by atoms with Gasteiger partial charge >= 0.3 is 11.9 Å². The van der Waals surface area contributed by atoms with Gasteiger partial charge in [0.25, 0.3) is 0 Å². The lowest BCUT2D eigenvalue weighted by Gasteiger charge is -2.37. The average molecular weight is 547 g/mol. The molecular formula is C22H27ClN2O12. The van der Waals surface area contributed by atoms with Crippen molar-refractivity contribution >= 4 is 40.8 Å². The van der Waals surface area contributed by atoms with Crippen LogP contribution < -0.4 is 4.90 Å². The van der Waals surface area contributed by atoms with E-state index < -0.39 is 41.5 Å². The third-order valence-corrected chi connectivity index (χ3v) is 5.88. The maximum absolute atomic E-state index is 12.2. The number of benzene rings is 1. The zero-order valence-electron chi connectivity index (χ0n) is 19.4. The van der Waals surface area contributed by atoms with Crippen molar-refractivity contribution in [3.63, 3.8) is 0 Å². The van der Waals surface area contributed by atoms with Gasteiger partial charge in [0.15, 0.2) is 29.5 Å². The number of hydrogen-bond donors (Lipinski definition) is 7. The molecule has 1 heterocycles. The van der Waals surface area contributed by atoms with Gasteiger partial charge < -0.3 is 45.4 Å². The second-order valence-electron chi connectivity index (χ2n) is 7.90. The summed E-state index contributed by atoms with van der Waals surface area (Å²) in [5, 5.41) is 62.1. The Balaban J connectivity index is 0.000000410. The van der Waals surface area contributed by atoms with E-state index in [1.807, 2.05) is 0 Å². The first kappa shape index (κ1) is 30.0. The predicted octanol–water partition coefficient (Wildman–Crippen LogP) is -1.31. The number of phenolic OH excluding ortho intramolecular Hbond substituents is 2. The number of aliphatic carboxylic acids is 2. The summed E-state index contributed by atoms with van der Waals surface area (Å²) >= 11 is 6.24. The van der Waals surface area contributed by atoms with E-state index in [0.29, 0.717) is 45.9 Å². The Hall–Kier alpha value is -3.27. The van der Waals surface area contributed by atoms with E-state index in [9.17, 15) is 29.4 Å². The van der Waals surface area contributed by atoms with Crippen molar-refractivity contribution in [2.45, 2.75) is 12.2 Å². The van der Waals surface area contributed by atoms with Crippen LogP contribution in [0, 0.1) is 0 Å². The van der Waals surface area contributed by atoms with Gasteiger partial charge in [-0.25, -0.2) is 9.59 Å². The highest BCUT2D eigenvalue weighted by Crippen LogP contribution is 2.48. The lowest BCUT2D eigenvalue weighted by Crippen LogP contribution is -2.47. The Bertz CT molecular complexity index is 1050. The molecule has 2 unspecified atom stereocenters. The van der Waals surface area contributed by atoms with Gasteiger partial charge in [0.1, 0.15) is 16.5 Å². The Labute approximate surface area is 215 Å². The average Bonchev–Trinajstić information content (AvgIpc) is 2.86. The SMILES string of the molecule is O=C(O)C(O)C(O)C(=O)O.O=C1C=CC(=O)c2c(O)c(N3CCN(CCOCCO)CC3)c(Cl)c(O)c21. The van der Waals surface area contributed by atoms with Gasteiger partial charge in [0.2, 0.25) is 0 Å². The molecule has 2 aliphatic rings. The summed E-state index contributed by atoms with van der Waals surface area (Å²) in [5.41, 5.74) is -0.298. The van der Waals surface area contributed by atoms with Gasteiger partial charge in [-0.15, -0.1) is 0 Å². The quantitative estimate of drug-likeness (QED) is 0.141. The van der Waals surface area contributed by atoms with Crippen molar-refractivity contribution in [1.82, 2.24) is 4.90 Å². The van der Waals surface area contributed by atoms with Gasteiger partial charge in [0.05, 0.1) is 30.9 Å². The highest BCUT2D eigenvalue weighted by Gasteiger charge is 2.34. The molecule has 2 atom stereocenters. The number of piperazine rings is 1. The number of aromatic hydroxyl groups is 2. The summed E-state index contributed by atoms with van der Waals surface area (Å²) in [5.74, 6) is -5.52. The fourth-order valence-corrected chi connectivity index (χ4v) is 3.90. The van der Waals surface area contributed by atoms with Gasteiger partial charge in [-0.2, -0.15) is 0 Å². The first-order chi connectivity index (χ1) is 17.4. The van der Waals surface area contributed by atoms with E-state index in [1.165, 1.54) is 0 Å². The number of phenols is 2. The Kier molecular flexibility index (Phi) is 10.8. The summed E-state index contributed by atoms with van der Waals surface area (Å²) in [7, 11) is 0. The van der Waals surface area contributed by atoms with E-state index in [0.717, 1.165) is 12.2 Å². The van der Waals surface area contributed by atoms with Crippen molar-refractivity contribution < 1.29 is 59.7 Å². The van der Waals surface area contributed by atoms with Crippen LogP contribution in [0.5, 0.6) is 11.5 Å². The summed E-state index contributed by atoms with van der Waals surface area (Å²) in [6.45, 7) is 3.89.